The molecular weight excluding hydrogens is 831 g/mol. The van der Waals surface area contributed by atoms with Crippen molar-refractivity contribution in [1.29, 1.82) is 0 Å². The van der Waals surface area contributed by atoms with E-state index in [1.165, 1.54) is 74.2 Å². The number of rotatable bonds is 8. The van der Waals surface area contributed by atoms with Crippen molar-refractivity contribution in [3.63, 3.8) is 0 Å². The SMILES string of the molecule is CN1CCCC1c1cccnc1.CN1CCCC1c1cccnc1.O.O.O.O=C([O-])c1ccccc1C(=O)c1ccccc1.O=C([O-])c1ccccc1C(=O)c1ccccc1.[Mn+2]. The molecular formula is C48H52MnN4O9. The maximum absolute atomic E-state index is 12.1. The topological polar surface area (TPSA) is 241 Å². The molecule has 2 aliphatic rings. The van der Waals surface area contributed by atoms with Gasteiger partial charge in [0.2, 0.25) is 0 Å². The van der Waals surface area contributed by atoms with Crippen molar-refractivity contribution in [1.82, 2.24) is 19.8 Å². The van der Waals surface area contributed by atoms with Gasteiger partial charge < -0.3 is 36.2 Å². The van der Waals surface area contributed by atoms with Crippen LogP contribution in [-0.4, -0.2) is 86.9 Å². The van der Waals surface area contributed by atoms with Gasteiger partial charge in [0.25, 0.3) is 0 Å². The average molecular weight is 884 g/mol. The van der Waals surface area contributed by atoms with Crippen molar-refractivity contribution in [3.05, 3.63) is 203 Å². The Balaban J connectivity index is 0.000000409. The third-order valence-electron chi connectivity index (χ3n) is 10.0. The molecule has 0 spiro atoms. The molecule has 2 unspecified atom stereocenters. The second kappa shape index (κ2) is 27.6. The summed E-state index contributed by atoms with van der Waals surface area (Å²) in [6, 6.07) is 38.8. The third kappa shape index (κ3) is 15.0. The number of carboxylic acids is 2. The fourth-order valence-electron chi connectivity index (χ4n) is 7.02. The van der Waals surface area contributed by atoms with Gasteiger partial charge in [0, 0.05) is 70.3 Å². The first kappa shape index (κ1) is 53.8. The van der Waals surface area contributed by atoms with Crippen LogP contribution in [0.3, 0.4) is 0 Å². The molecule has 0 amide bonds. The second-order valence-electron chi connectivity index (χ2n) is 13.9. The Morgan fingerprint density at radius 3 is 1.08 bits per heavy atom. The number of benzene rings is 4. The fourth-order valence-corrected chi connectivity index (χ4v) is 7.02. The monoisotopic (exact) mass is 883 g/mol. The van der Waals surface area contributed by atoms with Crippen molar-refractivity contribution in [2.45, 2.75) is 37.8 Å². The molecule has 325 valence electrons. The summed E-state index contributed by atoms with van der Waals surface area (Å²) in [4.78, 5) is 59.0. The third-order valence-corrected chi connectivity index (χ3v) is 10.0. The van der Waals surface area contributed by atoms with Crippen LogP contribution in [0.15, 0.2) is 158 Å². The van der Waals surface area contributed by atoms with E-state index in [1.54, 1.807) is 84.9 Å². The number of aromatic nitrogens is 2. The number of aromatic carboxylic acids is 2. The van der Waals surface area contributed by atoms with Crippen LogP contribution in [0.5, 0.6) is 0 Å². The number of hydrogen-bond donors (Lipinski definition) is 0. The van der Waals surface area contributed by atoms with Crippen molar-refractivity contribution in [2.24, 2.45) is 0 Å². The number of carboxylic acid groups (broad SMARTS) is 2. The van der Waals surface area contributed by atoms with Gasteiger partial charge in [-0.3, -0.25) is 29.4 Å². The van der Waals surface area contributed by atoms with Crippen LogP contribution in [0.4, 0.5) is 0 Å². The van der Waals surface area contributed by atoms with Gasteiger partial charge in [-0.2, -0.15) is 0 Å². The molecule has 0 saturated carbocycles. The molecule has 8 rings (SSSR count). The van der Waals surface area contributed by atoms with E-state index >= 15 is 0 Å². The van der Waals surface area contributed by atoms with E-state index < -0.39 is 11.9 Å². The van der Waals surface area contributed by atoms with Crippen LogP contribution in [0.1, 0.15) is 101 Å². The Kier molecular flexibility index (Phi) is 23.9. The zero-order valence-electron chi connectivity index (χ0n) is 34.5. The van der Waals surface area contributed by atoms with Crippen LogP contribution in [0, 0.1) is 0 Å². The first-order chi connectivity index (χ1) is 28.2. The number of hydrogen-bond acceptors (Lipinski definition) is 10. The van der Waals surface area contributed by atoms with Gasteiger partial charge in [-0.25, -0.2) is 0 Å². The zero-order valence-corrected chi connectivity index (χ0v) is 35.7. The summed E-state index contributed by atoms with van der Waals surface area (Å²) < 4.78 is 0. The molecule has 2 aromatic heterocycles. The van der Waals surface area contributed by atoms with Crippen molar-refractivity contribution >= 4 is 23.5 Å². The molecule has 2 saturated heterocycles. The largest absolute Gasteiger partial charge is 2.00 e. The second-order valence-corrected chi connectivity index (χ2v) is 13.9. The Morgan fingerprint density at radius 1 is 0.484 bits per heavy atom. The molecule has 4 heterocycles. The van der Waals surface area contributed by atoms with Crippen LogP contribution >= 0.6 is 0 Å². The normalized spacial score (nSPS) is 14.9. The number of likely N-dealkylation sites (tertiary alicyclic amines) is 2. The Morgan fingerprint density at radius 2 is 0.806 bits per heavy atom. The van der Waals surface area contributed by atoms with Crippen LogP contribution in [0.2, 0.25) is 0 Å². The van der Waals surface area contributed by atoms with Gasteiger partial charge >= 0.3 is 17.1 Å². The van der Waals surface area contributed by atoms with E-state index in [4.69, 9.17) is 0 Å². The van der Waals surface area contributed by atoms with Gasteiger partial charge in [-0.15, -0.1) is 0 Å². The number of ketones is 2. The van der Waals surface area contributed by atoms with Gasteiger partial charge in [0.1, 0.15) is 0 Å². The minimum atomic E-state index is -1.34. The maximum atomic E-state index is 12.1. The molecule has 2 aliphatic heterocycles. The molecule has 6 N–H and O–H groups in total. The van der Waals surface area contributed by atoms with E-state index in [0.717, 1.165) is 0 Å². The van der Waals surface area contributed by atoms with Crippen LogP contribution in [-0.2, 0) is 17.1 Å². The van der Waals surface area contributed by atoms with E-state index in [9.17, 15) is 29.4 Å². The summed E-state index contributed by atoms with van der Waals surface area (Å²) >= 11 is 0. The first-order valence-electron chi connectivity index (χ1n) is 19.2. The number of nitrogens with zero attached hydrogens (tertiary/aromatic N) is 4. The van der Waals surface area contributed by atoms with Crippen molar-refractivity contribution in [2.75, 3.05) is 27.2 Å². The Labute approximate surface area is 372 Å². The molecule has 13 nitrogen and oxygen atoms in total. The molecule has 14 heteroatoms. The maximum Gasteiger partial charge on any atom is 2.00 e. The zero-order chi connectivity index (χ0) is 41.3. The van der Waals surface area contributed by atoms with E-state index in [-0.39, 0.29) is 67.3 Å². The smallest absolute Gasteiger partial charge is 0.545 e. The summed E-state index contributed by atoms with van der Waals surface area (Å²) in [6.45, 7) is 2.44. The van der Waals surface area contributed by atoms with Gasteiger partial charge in [-0.1, -0.05) is 121 Å². The van der Waals surface area contributed by atoms with E-state index in [1.807, 2.05) is 36.9 Å². The van der Waals surface area contributed by atoms with Crippen LogP contribution in [0.25, 0.3) is 0 Å². The summed E-state index contributed by atoms with van der Waals surface area (Å²) in [7, 11) is 4.37. The van der Waals surface area contributed by atoms with Crippen LogP contribution < -0.4 is 10.2 Å². The number of carbonyl (C=O) groups is 4. The number of pyridine rings is 2. The average Bonchev–Trinajstić information content (AvgIpc) is 3.92. The standard InChI is InChI=1S/2C14H10O3.2C10H14N2.Mn.3H2O/c2*15-13(10-6-2-1-3-7-10)11-8-4-5-9-12(11)14(16)17;2*1-12-7-3-5-10(12)9-4-2-6-11-8-9;;;;/h2*1-9H,(H,16,17);2*2,4,6,8,10H,3,5,7H2,1H3;;3*1H2/q;;;;+2;;;/p-2. The van der Waals surface area contributed by atoms with Gasteiger partial charge in [0.15, 0.2) is 11.6 Å². The molecule has 0 bridgehead atoms. The molecule has 4 aromatic carbocycles. The van der Waals surface area contributed by atoms with Crippen molar-refractivity contribution in [3.8, 4) is 0 Å². The minimum absolute atomic E-state index is 0. The molecule has 0 aliphatic carbocycles. The Hall–Kier alpha value is -6.22. The minimum Gasteiger partial charge on any atom is -0.545 e. The predicted octanol–water partition coefficient (Wildman–Crippen LogP) is 3.78. The Bertz CT molecular complexity index is 2090. The molecule has 2 atom stereocenters. The van der Waals surface area contributed by atoms with Crippen molar-refractivity contribution < 1.29 is 62.9 Å². The quantitative estimate of drug-likeness (QED) is 0.158. The molecule has 6 aromatic rings. The van der Waals surface area contributed by atoms with Gasteiger partial charge in [-0.05, 0) is 76.1 Å². The molecule has 1 radical (unpaired) electrons. The van der Waals surface area contributed by atoms with Gasteiger partial charge in [0.05, 0.1) is 11.9 Å². The molecule has 62 heavy (non-hydrogen) atoms. The summed E-state index contributed by atoms with van der Waals surface area (Å²) in [5.41, 5.74) is 3.78. The fraction of sp³-hybridized carbons (Fsp3) is 0.208. The first-order valence-corrected chi connectivity index (χ1v) is 19.2. The summed E-state index contributed by atoms with van der Waals surface area (Å²) in [5, 5.41) is 21.8. The summed E-state index contributed by atoms with van der Waals surface area (Å²) in [6.07, 6.45) is 12.8. The number of carbonyl (C=O) groups excluding carboxylic acids is 4. The predicted molar refractivity (Wildman–Crippen MR) is 230 cm³/mol. The van der Waals surface area contributed by atoms with E-state index in [2.05, 4.69) is 46.0 Å². The molecule has 2 fully saturated rings. The summed E-state index contributed by atoms with van der Waals surface area (Å²) in [5.74, 6) is -3.31. The van der Waals surface area contributed by atoms with E-state index in [0.29, 0.717) is 23.2 Å².